The molecule has 4 rings (SSSR count). The Bertz CT molecular complexity index is 1120. The SMILES string of the molecule is O=S(=O)(NC1(c2nc(-c3cnccn3)no2)CCCCC1)c1ccc(F)c(Cl)c1. The second-order valence-corrected chi connectivity index (χ2v) is 8.93. The summed E-state index contributed by atoms with van der Waals surface area (Å²) >= 11 is 5.76. The maximum absolute atomic E-state index is 13.5. The van der Waals surface area contributed by atoms with Crippen molar-refractivity contribution < 1.29 is 17.3 Å². The molecule has 0 spiro atoms. The Hall–Kier alpha value is -2.43. The molecule has 0 saturated heterocycles. The quantitative estimate of drug-likeness (QED) is 0.650. The topological polar surface area (TPSA) is 111 Å². The third kappa shape index (κ3) is 4.00. The summed E-state index contributed by atoms with van der Waals surface area (Å²) in [6, 6.07) is 3.26. The lowest BCUT2D eigenvalue weighted by Gasteiger charge is -2.34. The molecule has 1 aliphatic rings. The first kappa shape index (κ1) is 19.9. The van der Waals surface area contributed by atoms with Crippen molar-refractivity contribution in [3.05, 3.63) is 53.5 Å². The largest absolute Gasteiger partial charge is 0.337 e. The van der Waals surface area contributed by atoms with E-state index in [1.807, 2.05) is 0 Å². The Morgan fingerprint density at radius 2 is 1.97 bits per heavy atom. The second kappa shape index (κ2) is 7.77. The van der Waals surface area contributed by atoms with E-state index in [-0.39, 0.29) is 21.6 Å². The third-order valence-electron chi connectivity index (χ3n) is 4.87. The minimum atomic E-state index is -4.02. The summed E-state index contributed by atoms with van der Waals surface area (Å²) in [5, 5.41) is 3.67. The van der Waals surface area contributed by atoms with Crippen LogP contribution in [0, 0.1) is 5.82 Å². The van der Waals surface area contributed by atoms with E-state index in [1.54, 1.807) is 0 Å². The minimum Gasteiger partial charge on any atom is -0.337 e. The highest BCUT2D eigenvalue weighted by molar-refractivity contribution is 7.89. The van der Waals surface area contributed by atoms with Gasteiger partial charge < -0.3 is 4.52 Å². The Balaban J connectivity index is 1.71. The smallest absolute Gasteiger partial charge is 0.248 e. The highest BCUT2D eigenvalue weighted by Gasteiger charge is 2.43. The predicted octanol–water partition coefficient (Wildman–Crippen LogP) is 3.46. The van der Waals surface area contributed by atoms with Crippen LogP contribution in [-0.2, 0) is 15.6 Å². The minimum absolute atomic E-state index is 0.137. The Morgan fingerprint density at radius 1 is 1.17 bits per heavy atom. The molecule has 1 aromatic carbocycles. The zero-order valence-corrected chi connectivity index (χ0v) is 16.7. The van der Waals surface area contributed by atoms with Crippen LogP contribution >= 0.6 is 11.6 Å². The van der Waals surface area contributed by atoms with E-state index in [9.17, 15) is 12.8 Å². The van der Waals surface area contributed by atoms with Crippen molar-refractivity contribution in [3.63, 3.8) is 0 Å². The maximum atomic E-state index is 13.5. The van der Waals surface area contributed by atoms with Gasteiger partial charge in [-0.05, 0) is 31.0 Å². The number of nitrogens with zero attached hydrogens (tertiary/aromatic N) is 4. The molecule has 29 heavy (non-hydrogen) atoms. The molecule has 0 aliphatic heterocycles. The van der Waals surface area contributed by atoms with E-state index in [2.05, 4.69) is 24.8 Å². The van der Waals surface area contributed by atoms with Crippen LogP contribution in [0.2, 0.25) is 5.02 Å². The Labute approximate surface area is 171 Å². The molecular formula is C18H17ClFN5O3S. The highest BCUT2D eigenvalue weighted by Crippen LogP contribution is 2.38. The third-order valence-corrected chi connectivity index (χ3v) is 6.69. The number of benzene rings is 1. The number of hydrogen-bond acceptors (Lipinski definition) is 7. The summed E-state index contributed by atoms with van der Waals surface area (Å²) in [7, 11) is -4.02. The Morgan fingerprint density at radius 3 is 2.66 bits per heavy atom. The average molecular weight is 438 g/mol. The zero-order valence-electron chi connectivity index (χ0n) is 15.2. The normalized spacial score (nSPS) is 16.6. The molecule has 0 radical (unpaired) electrons. The molecule has 2 aromatic heterocycles. The lowest BCUT2D eigenvalue weighted by atomic mass is 9.82. The lowest BCUT2D eigenvalue weighted by Crippen LogP contribution is -2.47. The van der Waals surface area contributed by atoms with Gasteiger partial charge in [0.15, 0.2) is 0 Å². The van der Waals surface area contributed by atoms with Gasteiger partial charge in [-0.3, -0.25) is 4.98 Å². The summed E-state index contributed by atoms with van der Waals surface area (Å²) in [6.07, 6.45) is 8.04. The van der Waals surface area contributed by atoms with Crippen LogP contribution in [0.15, 0.2) is 46.2 Å². The predicted molar refractivity (Wildman–Crippen MR) is 102 cm³/mol. The summed E-state index contributed by atoms with van der Waals surface area (Å²) in [5.74, 6) is -0.305. The monoisotopic (exact) mass is 437 g/mol. The molecule has 3 aromatic rings. The van der Waals surface area contributed by atoms with Crippen molar-refractivity contribution in [1.82, 2.24) is 24.8 Å². The van der Waals surface area contributed by atoms with Crippen LogP contribution < -0.4 is 4.72 Å². The molecule has 8 nitrogen and oxygen atoms in total. The van der Waals surface area contributed by atoms with Crippen LogP contribution in [0.4, 0.5) is 4.39 Å². The molecule has 0 atom stereocenters. The van der Waals surface area contributed by atoms with Gasteiger partial charge in [0.25, 0.3) is 0 Å². The standard InChI is InChI=1S/C18H17ClFN5O3S/c19-13-10-12(4-5-14(13)20)29(26,27)25-18(6-2-1-3-7-18)17-23-16(24-28-17)15-11-21-8-9-22-15/h4-5,8-11,25H,1-3,6-7H2. The highest BCUT2D eigenvalue weighted by atomic mass is 35.5. The van der Waals surface area contributed by atoms with Crippen molar-refractivity contribution in [2.45, 2.75) is 42.5 Å². The summed E-state index contributed by atoms with van der Waals surface area (Å²) in [6.45, 7) is 0. The van der Waals surface area contributed by atoms with Gasteiger partial charge in [0.1, 0.15) is 17.1 Å². The van der Waals surface area contributed by atoms with Gasteiger partial charge in [-0.1, -0.05) is 36.0 Å². The molecule has 1 aliphatic carbocycles. The van der Waals surface area contributed by atoms with Crippen LogP contribution in [0.5, 0.6) is 0 Å². The van der Waals surface area contributed by atoms with E-state index >= 15 is 0 Å². The average Bonchev–Trinajstić information content (AvgIpc) is 3.22. The number of nitrogens with one attached hydrogen (secondary N) is 1. The molecule has 1 N–H and O–H groups in total. The van der Waals surface area contributed by atoms with Crippen molar-refractivity contribution in [3.8, 4) is 11.5 Å². The molecule has 0 unspecified atom stereocenters. The summed E-state index contributed by atoms with van der Waals surface area (Å²) in [5.41, 5.74) is -0.646. The van der Waals surface area contributed by atoms with Crippen molar-refractivity contribution >= 4 is 21.6 Å². The van der Waals surface area contributed by atoms with E-state index < -0.39 is 21.4 Å². The second-order valence-electron chi connectivity index (χ2n) is 6.84. The number of rotatable bonds is 5. The van der Waals surface area contributed by atoms with Gasteiger partial charge in [0.2, 0.25) is 21.7 Å². The fourth-order valence-corrected chi connectivity index (χ4v) is 5.10. The van der Waals surface area contributed by atoms with Crippen LogP contribution in [0.25, 0.3) is 11.5 Å². The van der Waals surface area contributed by atoms with Gasteiger partial charge in [0.05, 0.1) is 16.1 Å². The zero-order chi connectivity index (χ0) is 20.5. The fourth-order valence-electron chi connectivity index (χ4n) is 3.41. The molecule has 152 valence electrons. The molecular weight excluding hydrogens is 421 g/mol. The van der Waals surface area contributed by atoms with Crippen LogP contribution in [-0.4, -0.2) is 28.5 Å². The number of halogens is 2. The first-order chi connectivity index (χ1) is 13.9. The van der Waals surface area contributed by atoms with Crippen molar-refractivity contribution in [2.24, 2.45) is 0 Å². The summed E-state index contributed by atoms with van der Waals surface area (Å²) < 4.78 is 47.6. The van der Waals surface area contributed by atoms with Gasteiger partial charge in [0, 0.05) is 12.4 Å². The van der Waals surface area contributed by atoms with E-state index in [4.69, 9.17) is 16.1 Å². The fraction of sp³-hybridized carbons (Fsp3) is 0.333. The van der Waals surface area contributed by atoms with Gasteiger partial charge in [-0.2, -0.15) is 9.71 Å². The van der Waals surface area contributed by atoms with Crippen molar-refractivity contribution in [1.29, 1.82) is 0 Å². The molecule has 1 fully saturated rings. The molecule has 11 heteroatoms. The Kier molecular flexibility index (Phi) is 5.32. The number of hydrogen-bond donors (Lipinski definition) is 1. The number of aromatic nitrogens is 4. The lowest BCUT2D eigenvalue weighted by molar-refractivity contribution is 0.199. The van der Waals surface area contributed by atoms with Crippen LogP contribution in [0.3, 0.4) is 0 Å². The van der Waals surface area contributed by atoms with E-state index in [0.717, 1.165) is 31.4 Å². The molecule has 0 amide bonds. The molecule has 0 bridgehead atoms. The van der Waals surface area contributed by atoms with Crippen molar-refractivity contribution in [2.75, 3.05) is 0 Å². The maximum Gasteiger partial charge on any atom is 0.248 e. The molecule has 1 saturated carbocycles. The van der Waals surface area contributed by atoms with E-state index in [0.29, 0.717) is 18.5 Å². The first-order valence-corrected chi connectivity index (χ1v) is 10.9. The van der Waals surface area contributed by atoms with E-state index in [1.165, 1.54) is 24.7 Å². The first-order valence-electron chi connectivity index (χ1n) is 8.99. The van der Waals surface area contributed by atoms with Crippen LogP contribution in [0.1, 0.15) is 38.0 Å². The molecule has 2 heterocycles. The van der Waals surface area contributed by atoms with Gasteiger partial charge in [-0.15, -0.1) is 0 Å². The number of sulfonamides is 1. The van der Waals surface area contributed by atoms with Gasteiger partial charge >= 0.3 is 0 Å². The van der Waals surface area contributed by atoms with Gasteiger partial charge in [-0.25, -0.2) is 17.8 Å². The summed E-state index contributed by atoms with van der Waals surface area (Å²) in [4.78, 5) is 12.4.